The van der Waals surface area contributed by atoms with Gasteiger partial charge in [0.15, 0.2) is 11.7 Å². The van der Waals surface area contributed by atoms with E-state index in [-0.39, 0.29) is 5.56 Å². The molecule has 0 radical (unpaired) electrons. The molecule has 0 aliphatic carbocycles. The number of hydrogen-bond acceptors (Lipinski definition) is 5. The van der Waals surface area contributed by atoms with Crippen LogP contribution in [-0.2, 0) is 11.8 Å². The van der Waals surface area contributed by atoms with Crippen molar-refractivity contribution in [2.24, 2.45) is 7.05 Å². The molecule has 2 aromatic heterocycles. The summed E-state index contributed by atoms with van der Waals surface area (Å²) in [5, 5.41) is 25.5. The van der Waals surface area contributed by atoms with Gasteiger partial charge in [-0.15, -0.1) is 0 Å². The van der Waals surface area contributed by atoms with Gasteiger partial charge in [-0.1, -0.05) is 0 Å². The average molecular weight is 292 g/mol. The van der Waals surface area contributed by atoms with Crippen molar-refractivity contribution in [1.82, 2.24) is 20.1 Å². The average Bonchev–Trinajstić information content (AvgIpc) is 2.70. The summed E-state index contributed by atoms with van der Waals surface area (Å²) < 4.78 is 1.60. The number of carbonyl (C=O) groups is 2. The summed E-state index contributed by atoms with van der Waals surface area (Å²) in [6, 6.07) is 0.226. The molecule has 0 aromatic carbocycles. The van der Waals surface area contributed by atoms with E-state index in [2.05, 4.69) is 15.4 Å². The third-order valence-electron chi connectivity index (χ3n) is 3.16. The lowest BCUT2D eigenvalue weighted by Gasteiger charge is -2.16. The maximum Gasteiger partial charge on any atom is 0.328 e. The highest BCUT2D eigenvalue weighted by Gasteiger charge is 2.25. The Bertz CT molecular complexity index is 708. The molecule has 1 amide bonds. The molecule has 0 spiro atoms. The van der Waals surface area contributed by atoms with Crippen LogP contribution in [0.5, 0.6) is 0 Å². The molecule has 0 saturated carbocycles. The van der Waals surface area contributed by atoms with Crippen LogP contribution in [0.1, 0.15) is 23.0 Å². The van der Waals surface area contributed by atoms with Gasteiger partial charge in [0.2, 0.25) is 0 Å². The van der Waals surface area contributed by atoms with Crippen molar-refractivity contribution in [2.45, 2.75) is 26.0 Å². The van der Waals surface area contributed by atoms with Crippen LogP contribution in [0.3, 0.4) is 0 Å². The summed E-state index contributed by atoms with van der Waals surface area (Å²) in [6.07, 6.45) is 0.142. The van der Waals surface area contributed by atoms with Crippen molar-refractivity contribution in [3.63, 3.8) is 0 Å². The van der Waals surface area contributed by atoms with E-state index in [4.69, 9.17) is 5.11 Å². The van der Waals surface area contributed by atoms with E-state index >= 15 is 0 Å². The highest BCUT2D eigenvalue weighted by atomic mass is 16.4. The fourth-order valence-corrected chi connectivity index (χ4v) is 2.05. The van der Waals surface area contributed by atoms with Crippen molar-refractivity contribution in [3.8, 4) is 0 Å². The van der Waals surface area contributed by atoms with Gasteiger partial charge in [0.25, 0.3) is 5.91 Å². The first-order chi connectivity index (χ1) is 9.81. The van der Waals surface area contributed by atoms with Gasteiger partial charge in [0.1, 0.15) is 0 Å². The topological polar surface area (TPSA) is 117 Å². The van der Waals surface area contributed by atoms with Gasteiger partial charge in [0, 0.05) is 18.6 Å². The van der Waals surface area contributed by atoms with Crippen LogP contribution in [0.25, 0.3) is 11.0 Å². The minimum absolute atomic E-state index is 0.213. The number of carboxylic acids is 1. The van der Waals surface area contributed by atoms with E-state index in [1.165, 1.54) is 13.1 Å². The number of aliphatic hydroxyl groups excluding tert-OH is 1. The molecule has 3 N–H and O–H groups in total. The smallest absolute Gasteiger partial charge is 0.328 e. The van der Waals surface area contributed by atoms with Gasteiger partial charge in [-0.25, -0.2) is 9.78 Å². The Kier molecular flexibility index (Phi) is 3.90. The SMILES string of the molecule is Cc1nn(C)c2ncc(C(=O)NC(C(=O)O)C(C)O)cc12. The predicted octanol–water partition coefficient (Wildman–Crippen LogP) is -0.159. The number of aliphatic carboxylic acids is 1. The molecule has 0 aliphatic rings. The summed E-state index contributed by atoms with van der Waals surface area (Å²) in [5.74, 6) is -1.91. The minimum Gasteiger partial charge on any atom is -0.480 e. The first-order valence-electron chi connectivity index (χ1n) is 6.32. The molecule has 0 bridgehead atoms. The number of aryl methyl sites for hydroxylation is 2. The van der Waals surface area contributed by atoms with Gasteiger partial charge in [-0.05, 0) is 19.9 Å². The van der Waals surface area contributed by atoms with Crippen LogP contribution in [-0.4, -0.2) is 49.0 Å². The van der Waals surface area contributed by atoms with Gasteiger partial charge in [-0.3, -0.25) is 9.48 Å². The maximum atomic E-state index is 12.1. The Morgan fingerprint density at radius 2 is 2.10 bits per heavy atom. The standard InChI is InChI=1S/C13H16N4O4/c1-6-9-4-8(5-14-11(9)17(3)16-6)12(19)15-10(7(2)18)13(20)21/h4-5,7,10,18H,1-3H3,(H,15,19)(H,20,21). The number of carboxylic acid groups (broad SMARTS) is 1. The first kappa shape index (κ1) is 14.9. The van der Waals surface area contributed by atoms with Crippen LogP contribution < -0.4 is 5.32 Å². The largest absolute Gasteiger partial charge is 0.480 e. The van der Waals surface area contributed by atoms with Crippen LogP contribution in [0.4, 0.5) is 0 Å². The molecule has 0 fully saturated rings. The van der Waals surface area contributed by atoms with Gasteiger partial charge < -0.3 is 15.5 Å². The lowest BCUT2D eigenvalue weighted by Crippen LogP contribution is -2.47. The first-order valence-corrected chi connectivity index (χ1v) is 6.32. The molecule has 2 atom stereocenters. The number of hydrogen-bond donors (Lipinski definition) is 3. The second-order valence-electron chi connectivity index (χ2n) is 4.83. The van der Waals surface area contributed by atoms with Gasteiger partial charge in [-0.2, -0.15) is 5.10 Å². The Morgan fingerprint density at radius 3 is 2.67 bits per heavy atom. The van der Waals surface area contributed by atoms with E-state index in [1.807, 2.05) is 0 Å². The van der Waals surface area contributed by atoms with Crippen molar-refractivity contribution in [3.05, 3.63) is 23.5 Å². The third-order valence-corrected chi connectivity index (χ3v) is 3.16. The Balaban J connectivity index is 2.31. The Labute approximate surface area is 120 Å². The molecule has 2 heterocycles. The number of aliphatic hydroxyl groups is 1. The molecular weight excluding hydrogens is 276 g/mol. The maximum absolute atomic E-state index is 12.1. The summed E-state index contributed by atoms with van der Waals surface area (Å²) in [4.78, 5) is 27.2. The monoisotopic (exact) mass is 292 g/mol. The van der Waals surface area contributed by atoms with Crippen molar-refractivity contribution in [2.75, 3.05) is 0 Å². The number of amides is 1. The van der Waals surface area contributed by atoms with Crippen molar-refractivity contribution >= 4 is 22.9 Å². The summed E-state index contributed by atoms with van der Waals surface area (Å²) in [7, 11) is 1.75. The van der Waals surface area contributed by atoms with Crippen LogP contribution in [0.15, 0.2) is 12.3 Å². The Morgan fingerprint density at radius 1 is 1.43 bits per heavy atom. The predicted molar refractivity (Wildman–Crippen MR) is 73.8 cm³/mol. The van der Waals surface area contributed by atoms with Crippen LogP contribution in [0, 0.1) is 6.92 Å². The number of carbonyl (C=O) groups excluding carboxylic acids is 1. The molecule has 8 nitrogen and oxygen atoms in total. The Hall–Kier alpha value is -2.48. The lowest BCUT2D eigenvalue weighted by atomic mass is 10.1. The highest BCUT2D eigenvalue weighted by Crippen LogP contribution is 2.16. The van der Waals surface area contributed by atoms with Crippen molar-refractivity contribution in [1.29, 1.82) is 0 Å². The van der Waals surface area contributed by atoms with E-state index in [1.54, 1.807) is 24.7 Å². The normalized spacial score (nSPS) is 13.9. The van der Waals surface area contributed by atoms with Crippen LogP contribution in [0.2, 0.25) is 0 Å². The number of nitrogens with zero attached hydrogens (tertiary/aromatic N) is 3. The number of pyridine rings is 1. The fraction of sp³-hybridized carbons (Fsp3) is 0.385. The molecule has 2 unspecified atom stereocenters. The summed E-state index contributed by atoms with van der Waals surface area (Å²) in [6.45, 7) is 3.09. The quantitative estimate of drug-likeness (QED) is 0.721. The van der Waals surface area contributed by atoms with Gasteiger partial charge >= 0.3 is 5.97 Å². The van der Waals surface area contributed by atoms with Crippen molar-refractivity contribution < 1.29 is 19.8 Å². The zero-order chi connectivity index (χ0) is 15.7. The third kappa shape index (κ3) is 2.84. The van der Waals surface area contributed by atoms with E-state index in [0.717, 1.165) is 5.69 Å². The lowest BCUT2D eigenvalue weighted by molar-refractivity contribution is -0.141. The van der Waals surface area contributed by atoms with Gasteiger partial charge in [0.05, 0.1) is 17.4 Å². The summed E-state index contributed by atoms with van der Waals surface area (Å²) in [5.41, 5.74) is 1.57. The second kappa shape index (κ2) is 5.49. The molecule has 21 heavy (non-hydrogen) atoms. The number of aromatic nitrogens is 3. The molecule has 2 rings (SSSR count). The zero-order valence-corrected chi connectivity index (χ0v) is 11.9. The molecule has 0 aliphatic heterocycles. The summed E-state index contributed by atoms with van der Waals surface area (Å²) >= 11 is 0. The molecular formula is C13H16N4O4. The number of fused-ring (bicyclic) bond motifs is 1. The number of rotatable bonds is 4. The van der Waals surface area contributed by atoms with Crippen LogP contribution >= 0.6 is 0 Å². The second-order valence-corrected chi connectivity index (χ2v) is 4.83. The number of nitrogens with one attached hydrogen (secondary N) is 1. The molecule has 112 valence electrons. The fourth-order valence-electron chi connectivity index (χ4n) is 2.05. The van der Waals surface area contributed by atoms with E-state index < -0.39 is 24.0 Å². The van der Waals surface area contributed by atoms with E-state index in [0.29, 0.717) is 11.0 Å². The molecule has 8 heteroatoms. The minimum atomic E-state index is -1.37. The van der Waals surface area contributed by atoms with E-state index in [9.17, 15) is 14.7 Å². The molecule has 2 aromatic rings. The molecule has 0 saturated heterocycles. The zero-order valence-electron chi connectivity index (χ0n) is 11.9. The highest BCUT2D eigenvalue weighted by molar-refractivity contribution is 5.99.